The van der Waals surface area contributed by atoms with Crippen LogP contribution in [0.1, 0.15) is 54.2 Å². The van der Waals surface area contributed by atoms with Crippen molar-refractivity contribution in [2.24, 2.45) is 5.73 Å². The van der Waals surface area contributed by atoms with Gasteiger partial charge in [-0.25, -0.2) is 9.37 Å². The highest BCUT2D eigenvalue weighted by molar-refractivity contribution is 7.09. The number of hydrogen-bond acceptors (Lipinski definition) is 6. The summed E-state index contributed by atoms with van der Waals surface area (Å²) in [5.41, 5.74) is 8.33. The average Bonchev–Trinajstić information content (AvgIpc) is 3.27. The molecule has 4 N–H and O–H groups in total. The molecule has 2 aromatic rings. The van der Waals surface area contributed by atoms with E-state index in [-0.39, 0.29) is 30.4 Å². The molecule has 138 valence electrons. The van der Waals surface area contributed by atoms with Crippen LogP contribution in [0.3, 0.4) is 0 Å². The Kier molecular flexibility index (Phi) is 4.62. The number of anilines is 1. The minimum atomic E-state index is -0.458. The third-order valence-corrected chi connectivity index (χ3v) is 6.02. The van der Waals surface area contributed by atoms with Crippen LogP contribution in [-0.2, 0) is 13.0 Å². The van der Waals surface area contributed by atoms with Gasteiger partial charge in [-0.2, -0.15) is 4.37 Å². The summed E-state index contributed by atoms with van der Waals surface area (Å²) < 4.78 is 19.4. The number of halogens is 1. The Morgan fingerprint density at radius 1 is 1.42 bits per heavy atom. The molecule has 0 radical (unpaired) electrons. The van der Waals surface area contributed by atoms with Crippen molar-refractivity contribution in [3.8, 4) is 10.6 Å². The number of hydrogen-bond donors (Lipinski definition) is 3. The van der Waals surface area contributed by atoms with Gasteiger partial charge in [0.2, 0.25) is 0 Å². The molecular formula is C18H22FN5OS. The molecule has 0 bridgehead atoms. The number of pyridine rings is 1. The van der Waals surface area contributed by atoms with Crippen molar-refractivity contribution < 1.29 is 9.18 Å². The number of rotatable bonds is 4. The second-order valence-corrected chi connectivity index (χ2v) is 7.70. The third kappa shape index (κ3) is 2.97. The number of nitrogens with one attached hydrogen (secondary N) is 2. The molecule has 2 aliphatic rings. The molecule has 3 heterocycles. The molecule has 2 atom stereocenters. The summed E-state index contributed by atoms with van der Waals surface area (Å²) in [6, 6.07) is 1.90. The van der Waals surface area contributed by atoms with Gasteiger partial charge in [0.1, 0.15) is 0 Å². The quantitative estimate of drug-likeness (QED) is 0.764. The Labute approximate surface area is 155 Å². The Hall–Kier alpha value is -2.06. The number of carbonyl (C=O) groups is 1. The Morgan fingerprint density at radius 2 is 2.23 bits per heavy atom. The van der Waals surface area contributed by atoms with Gasteiger partial charge in [0.25, 0.3) is 5.91 Å². The Morgan fingerprint density at radius 3 is 2.96 bits per heavy atom. The maximum atomic E-state index is 15.0. The fourth-order valence-corrected chi connectivity index (χ4v) is 4.48. The lowest BCUT2D eigenvalue weighted by Crippen LogP contribution is -2.43. The summed E-state index contributed by atoms with van der Waals surface area (Å²) in [6.07, 6.45) is 4.79. The summed E-state index contributed by atoms with van der Waals surface area (Å²) in [5, 5.41) is 5.92. The number of nitrogens with zero attached hydrogens (tertiary/aromatic N) is 2. The largest absolute Gasteiger partial charge is 0.363 e. The van der Waals surface area contributed by atoms with E-state index in [9.17, 15) is 4.79 Å². The van der Waals surface area contributed by atoms with Crippen molar-refractivity contribution in [3.05, 3.63) is 28.7 Å². The van der Waals surface area contributed by atoms with Crippen LogP contribution in [-0.4, -0.2) is 27.3 Å². The SMILES string of the molecule is CCc1cc(-c2nc(NC3CCCCC3N)c(F)c3c2C(=O)NC3)sn1. The number of aryl methyl sites for hydroxylation is 1. The first-order chi connectivity index (χ1) is 12.6. The van der Waals surface area contributed by atoms with Crippen molar-refractivity contribution >= 4 is 23.3 Å². The lowest BCUT2D eigenvalue weighted by atomic mass is 9.91. The van der Waals surface area contributed by atoms with Crippen molar-refractivity contribution in [1.29, 1.82) is 0 Å². The summed E-state index contributed by atoms with van der Waals surface area (Å²) in [6.45, 7) is 2.20. The van der Waals surface area contributed by atoms with Gasteiger partial charge >= 0.3 is 0 Å². The number of aromatic nitrogens is 2. The molecule has 4 rings (SSSR count). The number of carbonyl (C=O) groups excluding carboxylic acids is 1. The maximum absolute atomic E-state index is 15.0. The first-order valence-corrected chi connectivity index (χ1v) is 9.84. The Balaban J connectivity index is 1.78. The van der Waals surface area contributed by atoms with Crippen LogP contribution in [0.2, 0.25) is 0 Å². The number of nitrogens with two attached hydrogens (primary N) is 1. The second kappa shape index (κ2) is 6.92. The smallest absolute Gasteiger partial charge is 0.254 e. The molecule has 1 aliphatic heterocycles. The zero-order valence-corrected chi connectivity index (χ0v) is 15.5. The normalized spacial score (nSPS) is 22.2. The van der Waals surface area contributed by atoms with Gasteiger partial charge in [-0.3, -0.25) is 4.79 Å². The maximum Gasteiger partial charge on any atom is 0.254 e. The van der Waals surface area contributed by atoms with E-state index in [1.807, 2.05) is 13.0 Å². The van der Waals surface area contributed by atoms with E-state index in [1.165, 1.54) is 11.5 Å². The molecule has 1 fully saturated rings. The first kappa shape index (κ1) is 17.4. The number of amides is 1. The predicted molar refractivity (Wildman–Crippen MR) is 99.7 cm³/mol. The van der Waals surface area contributed by atoms with Gasteiger partial charge in [-0.1, -0.05) is 19.8 Å². The highest BCUT2D eigenvalue weighted by atomic mass is 32.1. The topological polar surface area (TPSA) is 92.9 Å². The van der Waals surface area contributed by atoms with Crippen LogP contribution in [0.4, 0.5) is 10.2 Å². The van der Waals surface area contributed by atoms with Crippen LogP contribution < -0.4 is 16.4 Å². The lowest BCUT2D eigenvalue weighted by molar-refractivity contribution is 0.0966. The van der Waals surface area contributed by atoms with Crippen molar-refractivity contribution in [3.63, 3.8) is 0 Å². The average molecular weight is 375 g/mol. The monoisotopic (exact) mass is 375 g/mol. The molecule has 6 nitrogen and oxygen atoms in total. The van der Waals surface area contributed by atoms with Gasteiger partial charge in [-0.05, 0) is 36.9 Å². The molecule has 1 aliphatic carbocycles. The van der Waals surface area contributed by atoms with Crippen LogP contribution in [0.25, 0.3) is 10.6 Å². The minimum absolute atomic E-state index is 0.00521. The summed E-state index contributed by atoms with van der Waals surface area (Å²) in [7, 11) is 0. The molecule has 8 heteroatoms. The van der Waals surface area contributed by atoms with Gasteiger partial charge in [0.15, 0.2) is 11.6 Å². The fourth-order valence-electron chi connectivity index (χ4n) is 3.66. The van der Waals surface area contributed by atoms with E-state index in [4.69, 9.17) is 5.73 Å². The van der Waals surface area contributed by atoms with E-state index in [0.717, 1.165) is 42.7 Å². The van der Waals surface area contributed by atoms with E-state index in [1.54, 1.807) is 0 Å². The van der Waals surface area contributed by atoms with Crippen molar-refractivity contribution in [2.45, 2.75) is 57.7 Å². The zero-order chi connectivity index (χ0) is 18.3. The Bertz CT molecular complexity index is 852. The molecule has 26 heavy (non-hydrogen) atoms. The highest BCUT2D eigenvalue weighted by Crippen LogP contribution is 2.35. The van der Waals surface area contributed by atoms with E-state index >= 15 is 4.39 Å². The molecule has 0 saturated heterocycles. The standard InChI is InChI=1S/C18H22FN5OS/c1-2-9-7-13(26-24-9)16-14-10(8-21-18(14)25)15(19)17(23-16)22-12-6-4-3-5-11(12)20/h7,11-12H,2-6,8,20H2,1H3,(H,21,25)(H,22,23). The molecule has 2 aromatic heterocycles. The lowest BCUT2D eigenvalue weighted by Gasteiger charge is -2.30. The van der Waals surface area contributed by atoms with Crippen LogP contribution in [0.15, 0.2) is 6.07 Å². The summed E-state index contributed by atoms with van der Waals surface area (Å²) >= 11 is 1.29. The van der Waals surface area contributed by atoms with Crippen LogP contribution >= 0.6 is 11.5 Å². The van der Waals surface area contributed by atoms with Crippen molar-refractivity contribution in [1.82, 2.24) is 14.7 Å². The molecule has 1 saturated carbocycles. The molecule has 0 spiro atoms. The van der Waals surface area contributed by atoms with Crippen molar-refractivity contribution in [2.75, 3.05) is 5.32 Å². The molecular weight excluding hydrogens is 353 g/mol. The molecule has 2 unspecified atom stereocenters. The van der Waals surface area contributed by atoms with Gasteiger partial charge in [0, 0.05) is 24.2 Å². The third-order valence-electron chi connectivity index (χ3n) is 5.18. The van der Waals surface area contributed by atoms with Crippen LogP contribution in [0, 0.1) is 5.82 Å². The second-order valence-electron chi connectivity index (χ2n) is 6.89. The zero-order valence-electron chi connectivity index (χ0n) is 14.6. The first-order valence-electron chi connectivity index (χ1n) is 9.07. The van der Waals surface area contributed by atoms with Gasteiger partial charge in [-0.15, -0.1) is 0 Å². The highest BCUT2D eigenvalue weighted by Gasteiger charge is 2.32. The van der Waals surface area contributed by atoms with E-state index < -0.39 is 5.82 Å². The van der Waals surface area contributed by atoms with E-state index in [0.29, 0.717) is 16.8 Å². The minimum Gasteiger partial charge on any atom is -0.363 e. The summed E-state index contributed by atoms with van der Waals surface area (Å²) in [4.78, 5) is 17.6. The predicted octanol–water partition coefficient (Wildman–Crippen LogP) is 2.83. The van der Waals surface area contributed by atoms with Crippen LogP contribution in [0.5, 0.6) is 0 Å². The number of fused-ring (bicyclic) bond motifs is 1. The van der Waals surface area contributed by atoms with Gasteiger partial charge in [0.05, 0.1) is 21.8 Å². The summed E-state index contributed by atoms with van der Waals surface area (Å²) in [5.74, 6) is -0.557. The molecule has 0 aromatic carbocycles. The van der Waals surface area contributed by atoms with E-state index in [2.05, 4.69) is 20.0 Å². The fraction of sp³-hybridized carbons (Fsp3) is 0.500. The van der Waals surface area contributed by atoms with Gasteiger partial charge < -0.3 is 16.4 Å². The molecule has 1 amide bonds.